The van der Waals surface area contributed by atoms with Crippen molar-refractivity contribution in [1.29, 1.82) is 0 Å². The van der Waals surface area contributed by atoms with Gasteiger partial charge in [-0.05, 0) is 25.3 Å². The quantitative estimate of drug-likeness (QED) is 0.0356. The van der Waals surface area contributed by atoms with Crippen molar-refractivity contribution in [3.63, 3.8) is 0 Å². The van der Waals surface area contributed by atoms with Gasteiger partial charge in [0.05, 0.1) is 0 Å². The topological polar surface area (TPSA) is 36.7 Å². The molecule has 0 saturated heterocycles. The lowest BCUT2D eigenvalue weighted by molar-refractivity contribution is -0.664. The van der Waals surface area contributed by atoms with E-state index in [-0.39, 0.29) is 5.78 Å². The maximum Gasteiger partial charge on any atom is 0.255 e. The lowest BCUT2D eigenvalue weighted by Crippen LogP contribution is -2.41. The Kier molecular flexibility index (Phi) is 27.0. The highest BCUT2D eigenvalue weighted by atomic mass is 16.1. The third-order valence-corrected chi connectivity index (χ3v) is 12.0. The summed E-state index contributed by atoms with van der Waals surface area (Å²) in [5, 5.41) is 0. The lowest BCUT2D eigenvalue weighted by Gasteiger charge is -2.05. The van der Waals surface area contributed by atoms with Crippen LogP contribution in [0.5, 0.6) is 0 Å². The van der Waals surface area contributed by atoms with Crippen LogP contribution in [0.4, 0.5) is 0 Å². The SMILES string of the molecule is CCCCCCCCCCCCCCCCCCc1cccc2c1[nH]c(CCCCCCCCCCCCCCCCCC)[n+]2CC(=O)c1ccccc1. The fourth-order valence-corrected chi connectivity index (χ4v) is 8.46. The second kappa shape index (κ2) is 31.7. The number of H-pyrrole nitrogens is 1. The molecule has 3 aromatic rings. The lowest BCUT2D eigenvalue weighted by atomic mass is 10.0. The molecule has 0 amide bonds. The first-order valence-electron chi connectivity index (χ1n) is 23.8. The molecular formula is C51H85N2O+. The van der Waals surface area contributed by atoms with Gasteiger partial charge in [-0.2, -0.15) is 0 Å². The van der Waals surface area contributed by atoms with Crippen LogP contribution < -0.4 is 4.57 Å². The molecule has 1 aromatic heterocycles. The van der Waals surface area contributed by atoms with E-state index in [0.717, 1.165) is 18.4 Å². The molecule has 1 heterocycles. The maximum absolute atomic E-state index is 13.4. The van der Waals surface area contributed by atoms with Gasteiger partial charge in [0, 0.05) is 17.5 Å². The number of hydrogen-bond donors (Lipinski definition) is 1. The first kappa shape index (κ1) is 46.0. The maximum atomic E-state index is 13.4. The van der Waals surface area contributed by atoms with Crippen molar-refractivity contribution in [2.45, 2.75) is 239 Å². The zero-order chi connectivity index (χ0) is 38.2. The fourth-order valence-electron chi connectivity index (χ4n) is 8.46. The van der Waals surface area contributed by atoms with E-state index in [1.807, 2.05) is 30.3 Å². The van der Waals surface area contributed by atoms with Crippen LogP contribution in [0.15, 0.2) is 48.5 Å². The number of Topliss-reactive ketones (excluding diaryl/α,β-unsaturated/α-hetero) is 1. The molecule has 0 saturated carbocycles. The molecule has 54 heavy (non-hydrogen) atoms. The van der Waals surface area contributed by atoms with Gasteiger partial charge >= 0.3 is 0 Å². The Bertz CT molecular complexity index is 1310. The summed E-state index contributed by atoms with van der Waals surface area (Å²) in [5.41, 5.74) is 4.67. The summed E-state index contributed by atoms with van der Waals surface area (Å²) < 4.78 is 2.30. The second-order valence-corrected chi connectivity index (χ2v) is 16.9. The van der Waals surface area contributed by atoms with Crippen molar-refractivity contribution in [2.75, 3.05) is 0 Å². The number of aromatic nitrogens is 2. The zero-order valence-corrected chi connectivity index (χ0v) is 35.7. The van der Waals surface area contributed by atoms with Crippen LogP contribution in [0, 0.1) is 0 Å². The number of carbonyl (C=O) groups excluding carboxylic acids is 1. The molecular weight excluding hydrogens is 657 g/mol. The fraction of sp³-hybridized carbons (Fsp3) is 0.725. The van der Waals surface area contributed by atoms with Crippen LogP contribution in [0.2, 0.25) is 0 Å². The Balaban J connectivity index is 1.35. The molecule has 3 nitrogen and oxygen atoms in total. The second-order valence-electron chi connectivity index (χ2n) is 16.9. The van der Waals surface area contributed by atoms with Crippen molar-refractivity contribution in [3.05, 3.63) is 65.5 Å². The number of imidazole rings is 1. The number of aryl methyl sites for hydroxylation is 2. The summed E-state index contributed by atoms with van der Waals surface area (Å²) in [6.45, 7) is 5.00. The standard InChI is InChI=1S/C51H84N2O/c1-3-5-7-9-11-13-15-17-19-21-23-25-27-29-31-34-41-47-42-38-43-48-51(47)52-50(53(48)45-49(54)46-39-35-33-36-40-46)44-37-32-30-28-26-24-22-20-18-16-14-12-10-8-6-4-2/h33,35-36,38-40,42-43H,3-32,34,37,41,44-45H2,1-2H3/p+1. The molecule has 0 bridgehead atoms. The van der Waals surface area contributed by atoms with Crippen molar-refractivity contribution >= 4 is 16.8 Å². The highest BCUT2D eigenvalue weighted by Gasteiger charge is 2.23. The van der Waals surface area contributed by atoms with Gasteiger partial charge in [-0.15, -0.1) is 0 Å². The van der Waals surface area contributed by atoms with Gasteiger partial charge in [-0.25, -0.2) is 9.55 Å². The van der Waals surface area contributed by atoms with Crippen LogP contribution in [0.1, 0.15) is 241 Å². The van der Waals surface area contributed by atoms with Crippen molar-refractivity contribution in [1.82, 2.24) is 4.98 Å². The number of nitrogens with one attached hydrogen (secondary N) is 1. The molecule has 304 valence electrons. The van der Waals surface area contributed by atoms with Gasteiger partial charge in [-0.3, -0.25) is 4.79 Å². The highest BCUT2D eigenvalue weighted by Crippen LogP contribution is 2.21. The highest BCUT2D eigenvalue weighted by molar-refractivity contribution is 5.95. The number of fused-ring (bicyclic) bond motifs is 1. The van der Waals surface area contributed by atoms with Gasteiger partial charge in [0.15, 0.2) is 17.6 Å². The van der Waals surface area contributed by atoms with Crippen LogP contribution in [0.25, 0.3) is 11.0 Å². The third-order valence-electron chi connectivity index (χ3n) is 12.0. The first-order valence-corrected chi connectivity index (χ1v) is 23.8. The number of para-hydroxylation sites is 1. The van der Waals surface area contributed by atoms with E-state index in [1.165, 1.54) is 228 Å². The molecule has 0 fully saturated rings. The first-order chi connectivity index (χ1) is 26.7. The van der Waals surface area contributed by atoms with Gasteiger partial charge in [0.2, 0.25) is 5.78 Å². The number of hydrogen-bond acceptors (Lipinski definition) is 1. The number of benzene rings is 2. The van der Waals surface area contributed by atoms with Gasteiger partial charge in [0.1, 0.15) is 0 Å². The Morgan fingerprint density at radius 2 is 0.833 bits per heavy atom. The molecule has 0 atom stereocenters. The largest absolute Gasteiger partial charge is 0.290 e. The molecule has 2 aromatic carbocycles. The van der Waals surface area contributed by atoms with E-state index in [0.29, 0.717) is 6.54 Å². The van der Waals surface area contributed by atoms with Gasteiger partial charge in [-0.1, -0.05) is 249 Å². The van der Waals surface area contributed by atoms with Gasteiger partial charge in [0.25, 0.3) is 5.82 Å². The molecule has 1 N–H and O–H groups in total. The summed E-state index contributed by atoms with van der Waals surface area (Å²) in [4.78, 5) is 17.3. The molecule has 0 aliphatic rings. The predicted octanol–water partition coefficient (Wildman–Crippen LogP) is 15.9. The Morgan fingerprint density at radius 3 is 1.26 bits per heavy atom. The van der Waals surface area contributed by atoms with Crippen molar-refractivity contribution in [3.8, 4) is 0 Å². The smallest absolute Gasteiger partial charge is 0.255 e. The van der Waals surface area contributed by atoms with Crippen molar-refractivity contribution in [2.24, 2.45) is 0 Å². The molecule has 0 unspecified atom stereocenters. The van der Waals surface area contributed by atoms with E-state index in [2.05, 4.69) is 41.6 Å². The summed E-state index contributed by atoms with van der Waals surface area (Å²) >= 11 is 0. The number of rotatable bonds is 37. The van der Waals surface area contributed by atoms with Crippen LogP contribution in [-0.4, -0.2) is 10.8 Å². The average Bonchev–Trinajstić information content (AvgIpc) is 3.55. The van der Waals surface area contributed by atoms with E-state index in [4.69, 9.17) is 0 Å². The number of aromatic amines is 1. The molecule has 0 aliphatic carbocycles. The van der Waals surface area contributed by atoms with E-state index < -0.39 is 0 Å². The number of unbranched alkanes of at least 4 members (excludes halogenated alkanes) is 30. The van der Waals surface area contributed by atoms with Crippen LogP contribution in [-0.2, 0) is 19.4 Å². The molecule has 3 rings (SSSR count). The van der Waals surface area contributed by atoms with E-state index in [9.17, 15) is 4.79 Å². The zero-order valence-electron chi connectivity index (χ0n) is 35.7. The number of ketones is 1. The summed E-state index contributed by atoms with van der Waals surface area (Å²) in [6, 6.07) is 16.6. The van der Waals surface area contributed by atoms with Gasteiger partial charge < -0.3 is 0 Å². The minimum atomic E-state index is 0.193. The summed E-state index contributed by atoms with van der Waals surface area (Å²) in [5.74, 6) is 1.41. The Hall–Kier alpha value is -2.42. The minimum Gasteiger partial charge on any atom is -0.290 e. The summed E-state index contributed by atoms with van der Waals surface area (Å²) in [6.07, 6.45) is 46.8. The van der Waals surface area contributed by atoms with Crippen LogP contribution >= 0.6 is 0 Å². The number of nitrogens with zero attached hydrogens (tertiary/aromatic N) is 1. The third kappa shape index (κ3) is 20.5. The Labute approximate surface area is 334 Å². The number of carbonyl (C=O) groups is 1. The predicted molar refractivity (Wildman–Crippen MR) is 236 cm³/mol. The van der Waals surface area contributed by atoms with Crippen molar-refractivity contribution < 1.29 is 9.36 Å². The Morgan fingerprint density at radius 1 is 0.444 bits per heavy atom. The molecule has 0 radical (unpaired) electrons. The van der Waals surface area contributed by atoms with E-state index in [1.54, 1.807) is 0 Å². The minimum absolute atomic E-state index is 0.193. The van der Waals surface area contributed by atoms with Crippen LogP contribution in [0.3, 0.4) is 0 Å². The van der Waals surface area contributed by atoms with E-state index >= 15 is 0 Å². The molecule has 3 heteroatoms. The normalized spacial score (nSPS) is 11.6. The monoisotopic (exact) mass is 742 g/mol. The molecule has 0 spiro atoms. The summed E-state index contributed by atoms with van der Waals surface area (Å²) in [7, 11) is 0. The molecule has 0 aliphatic heterocycles. The average molecular weight is 742 g/mol.